The lowest BCUT2D eigenvalue weighted by molar-refractivity contribution is 0.102. The average Bonchev–Trinajstić information content (AvgIpc) is 2.45. The van der Waals surface area contributed by atoms with Crippen LogP contribution in [0.2, 0.25) is 0 Å². The maximum atomic E-state index is 12.0. The largest absolute Gasteiger partial charge is 0.384 e. The Morgan fingerprint density at radius 1 is 1.35 bits per heavy atom. The van der Waals surface area contributed by atoms with Crippen molar-refractivity contribution in [1.82, 2.24) is 4.98 Å². The minimum absolute atomic E-state index is 0.191. The summed E-state index contributed by atoms with van der Waals surface area (Å²) < 4.78 is 0. The summed E-state index contributed by atoms with van der Waals surface area (Å²) >= 11 is 0. The van der Waals surface area contributed by atoms with Gasteiger partial charge in [0.25, 0.3) is 5.91 Å². The van der Waals surface area contributed by atoms with Crippen molar-refractivity contribution in [2.45, 2.75) is 6.92 Å². The molecule has 20 heavy (non-hydrogen) atoms. The molecule has 0 atom stereocenters. The van der Waals surface area contributed by atoms with Crippen LogP contribution in [0.5, 0.6) is 0 Å². The highest BCUT2D eigenvalue weighted by atomic mass is 16.2. The zero-order valence-corrected chi connectivity index (χ0v) is 11.1. The van der Waals surface area contributed by atoms with E-state index in [-0.39, 0.29) is 12.5 Å². The number of aromatic nitrogens is 1. The molecule has 2 aromatic rings. The van der Waals surface area contributed by atoms with Crippen LogP contribution in [0.4, 0.5) is 5.69 Å². The fourth-order valence-electron chi connectivity index (χ4n) is 1.76. The van der Waals surface area contributed by atoms with Crippen LogP contribution in [-0.2, 0) is 0 Å². The molecule has 0 saturated heterocycles. The number of hydrogen-bond donors (Lipinski definition) is 2. The third-order valence-electron chi connectivity index (χ3n) is 2.54. The van der Waals surface area contributed by atoms with E-state index in [2.05, 4.69) is 22.1 Å². The summed E-state index contributed by atoms with van der Waals surface area (Å²) in [6, 6.07) is 10.7. The molecule has 0 aliphatic carbocycles. The number of nitrogens with zero attached hydrogens (tertiary/aromatic N) is 1. The van der Waals surface area contributed by atoms with E-state index in [0.29, 0.717) is 11.4 Å². The molecular weight excluding hydrogens is 252 g/mol. The molecule has 0 radical (unpaired) electrons. The second kappa shape index (κ2) is 6.50. The molecule has 100 valence electrons. The molecule has 0 aliphatic heterocycles. The lowest BCUT2D eigenvalue weighted by Crippen LogP contribution is -2.13. The van der Waals surface area contributed by atoms with Gasteiger partial charge in [0.05, 0.1) is 0 Å². The molecule has 0 fully saturated rings. The van der Waals surface area contributed by atoms with E-state index in [1.165, 1.54) is 0 Å². The maximum absolute atomic E-state index is 12.0. The molecule has 1 amide bonds. The number of anilines is 1. The second-order valence-electron chi connectivity index (χ2n) is 4.22. The van der Waals surface area contributed by atoms with Crippen molar-refractivity contribution >= 4 is 11.6 Å². The minimum Gasteiger partial charge on any atom is -0.384 e. The van der Waals surface area contributed by atoms with Gasteiger partial charge in [0.15, 0.2) is 0 Å². The highest BCUT2D eigenvalue weighted by Crippen LogP contribution is 2.14. The topological polar surface area (TPSA) is 62.2 Å². The highest BCUT2D eigenvalue weighted by molar-refractivity contribution is 6.02. The number of amides is 1. The van der Waals surface area contributed by atoms with Gasteiger partial charge in [-0.25, -0.2) is 0 Å². The number of rotatable bonds is 2. The highest BCUT2D eigenvalue weighted by Gasteiger charge is 2.07. The van der Waals surface area contributed by atoms with Gasteiger partial charge in [0.2, 0.25) is 0 Å². The van der Waals surface area contributed by atoms with Crippen LogP contribution in [0.25, 0.3) is 0 Å². The molecule has 2 rings (SSSR count). The third kappa shape index (κ3) is 3.67. The molecule has 1 aromatic carbocycles. The van der Waals surface area contributed by atoms with E-state index < -0.39 is 0 Å². The van der Waals surface area contributed by atoms with Crippen LogP contribution in [0.15, 0.2) is 42.6 Å². The van der Waals surface area contributed by atoms with Crippen molar-refractivity contribution in [2.24, 2.45) is 0 Å². The number of aliphatic hydroxyl groups excluding tert-OH is 1. The van der Waals surface area contributed by atoms with Gasteiger partial charge in [-0.1, -0.05) is 17.9 Å². The van der Waals surface area contributed by atoms with Gasteiger partial charge in [0.1, 0.15) is 12.3 Å². The first kappa shape index (κ1) is 13.8. The molecular formula is C16H14N2O2. The summed E-state index contributed by atoms with van der Waals surface area (Å²) in [5, 5.41) is 11.5. The predicted octanol–water partition coefficient (Wildman–Crippen LogP) is 1.99. The van der Waals surface area contributed by atoms with Crippen LogP contribution in [0.3, 0.4) is 0 Å². The Hall–Kier alpha value is -2.64. The van der Waals surface area contributed by atoms with Crippen LogP contribution in [-0.4, -0.2) is 22.6 Å². The first-order valence-corrected chi connectivity index (χ1v) is 6.13. The van der Waals surface area contributed by atoms with Crippen molar-refractivity contribution in [3.63, 3.8) is 0 Å². The van der Waals surface area contributed by atoms with Crippen molar-refractivity contribution in [2.75, 3.05) is 11.9 Å². The minimum atomic E-state index is -0.266. The van der Waals surface area contributed by atoms with Gasteiger partial charge >= 0.3 is 0 Å². The molecule has 2 N–H and O–H groups in total. The van der Waals surface area contributed by atoms with Gasteiger partial charge < -0.3 is 10.4 Å². The summed E-state index contributed by atoms with van der Waals surface area (Å²) in [7, 11) is 0. The summed E-state index contributed by atoms with van der Waals surface area (Å²) in [6.07, 6.45) is 1.57. The molecule has 1 heterocycles. The molecule has 0 saturated carbocycles. The number of nitrogens with one attached hydrogen (secondary N) is 1. The first-order chi connectivity index (χ1) is 9.69. The Labute approximate surface area is 117 Å². The number of hydrogen-bond acceptors (Lipinski definition) is 3. The van der Waals surface area contributed by atoms with Crippen LogP contribution in [0.1, 0.15) is 21.6 Å². The molecule has 0 spiro atoms. The van der Waals surface area contributed by atoms with Gasteiger partial charge in [-0.15, -0.1) is 0 Å². The number of aliphatic hydroxyl groups is 1. The number of carbonyl (C=O) groups is 1. The van der Waals surface area contributed by atoms with E-state index in [9.17, 15) is 4.79 Å². The summed E-state index contributed by atoms with van der Waals surface area (Å²) in [4.78, 5) is 16.0. The molecule has 0 unspecified atom stereocenters. The Kier molecular flexibility index (Phi) is 4.48. The monoisotopic (exact) mass is 266 g/mol. The molecule has 0 aliphatic rings. The Balaban J connectivity index is 2.21. The lowest BCUT2D eigenvalue weighted by atomic mass is 10.1. The van der Waals surface area contributed by atoms with E-state index in [0.717, 1.165) is 11.1 Å². The Bertz CT molecular complexity index is 670. The number of aryl methyl sites for hydroxylation is 1. The van der Waals surface area contributed by atoms with Gasteiger partial charge in [0, 0.05) is 17.4 Å². The van der Waals surface area contributed by atoms with E-state index in [1.54, 1.807) is 30.5 Å². The molecule has 1 aromatic heterocycles. The fraction of sp³-hybridized carbons (Fsp3) is 0.125. The van der Waals surface area contributed by atoms with Crippen molar-refractivity contribution in [3.05, 3.63) is 59.4 Å². The summed E-state index contributed by atoms with van der Waals surface area (Å²) in [6.45, 7) is 1.73. The zero-order chi connectivity index (χ0) is 14.4. The van der Waals surface area contributed by atoms with Crippen molar-refractivity contribution in [3.8, 4) is 11.8 Å². The lowest BCUT2D eigenvalue weighted by Gasteiger charge is -2.06. The average molecular weight is 266 g/mol. The Morgan fingerprint density at radius 2 is 2.20 bits per heavy atom. The van der Waals surface area contributed by atoms with Crippen molar-refractivity contribution in [1.29, 1.82) is 0 Å². The standard InChI is InChI=1S/C16H14N2O2/c1-12-9-13(5-4-8-19)11-14(10-12)18-16(20)15-6-2-3-7-17-15/h2-3,6-7,9-11,19H,8H2,1H3,(H,18,20). The van der Waals surface area contributed by atoms with E-state index in [1.807, 2.05) is 19.1 Å². The molecule has 0 bridgehead atoms. The fourth-order valence-corrected chi connectivity index (χ4v) is 1.76. The first-order valence-electron chi connectivity index (χ1n) is 6.13. The van der Waals surface area contributed by atoms with Crippen molar-refractivity contribution < 1.29 is 9.90 Å². The third-order valence-corrected chi connectivity index (χ3v) is 2.54. The molecule has 4 heteroatoms. The molecule has 4 nitrogen and oxygen atoms in total. The van der Waals surface area contributed by atoms with Crippen LogP contribution >= 0.6 is 0 Å². The maximum Gasteiger partial charge on any atom is 0.274 e. The smallest absolute Gasteiger partial charge is 0.274 e. The van der Waals surface area contributed by atoms with Crippen LogP contribution < -0.4 is 5.32 Å². The SMILES string of the molecule is Cc1cc(C#CCO)cc(NC(=O)c2ccccn2)c1. The second-order valence-corrected chi connectivity index (χ2v) is 4.22. The van der Waals surface area contributed by atoms with E-state index >= 15 is 0 Å². The quantitative estimate of drug-likeness (QED) is 0.817. The summed E-state index contributed by atoms with van der Waals surface area (Å²) in [5.74, 6) is 5.14. The Morgan fingerprint density at radius 3 is 2.90 bits per heavy atom. The zero-order valence-electron chi connectivity index (χ0n) is 11.1. The summed E-state index contributed by atoms with van der Waals surface area (Å²) in [5.41, 5.74) is 2.74. The number of benzene rings is 1. The van der Waals surface area contributed by atoms with E-state index in [4.69, 9.17) is 5.11 Å². The normalized spacial score (nSPS) is 9.50. The predicted molar refractivity (Wildman–Crippen MR) is 77.3 cm³/mol. The van der Waals surface area contributed by atoms with Crippen LogP contribution in [0, 0.1) is 18.8 Å². The van der Waals surface area contributed by atoms with Gasteiger partial charge in [-0.2, -0.15) is 0 Å². The number of carbonyl (C=O) groups excluding carboxylic acids is 1. The van der Waals surface area contributed by atoms with Gasteiger partial charge in [-0.05, 0) is 42.8 Å². The number of pyridine rings is 1. The van der Waals surface area contributed by atoms with Gasteiger partial charge in [-0.3, -0.25) is 9.78 Å².